The normalized spacial score (nSPS) is 29.0. The Labute approximate surface area is 236 Å². The molecule has 4 nitrogen and oxygen atoms in total. The average Bonchev–Trinajstić information content (AvgIpc) is 2.92. The fourth-order valence-corrected chi connectivity index (χ4v) is 7.48. The number of esters is 1. The smallest absolute Gasteiger partial charge is 0.425 e. The first-order valence-corrected chi connectivity index (χ1v) is 15.1. The lowest BCUT2D eigenvalue weighted by atomic mass is 9.57. The number of carbonyl (C=O) groups excluding carboxylic acids is 1. The molecule has 4 saturated carbocycles. The lowest BCUT2D eigenvalue weighted by Gasteiger charge is -2.52. The topological polar surface area (TPSA) is 51.1 Å². The Morgan fingerprint density at radius 3 is 2.20 bits per heavy atom. The minimum atomic E-state index is -4.48. The molecule has 0 atom stereocenters. The molecule has 0 unspecified atom stereocenters. The summed E-state index contributed by atoms with van der Waals surface area (Å²) in [6.45, 7) is 9.57. The van der Waals surface area contributed by atoms with E-state index in [9.17, 15) is 18.0 Å². The van der Waals surface area contributed by atoms with E-state index >= 15 is 0 Å². The van der Waals surface area contributed by atoms with Gasteiger partial charge in [0.25, 0.3) is 5.75 Å². The van der Waals surface area contributed by atoms with Gasteiger partial charge in [-0.15, -0.1) is 0 Å². The lowest BCUT2D eigenvalue weighted by molar-refractivity contribution is -0.163. The van der Waals surface area contributed by atoms with Crippen molar-refractivity contribution >= 4 is 16.7 Å². The third kappa shape index (κ3) is 5.86. The van der Waals surface area contributed by atoms with E-state index in [-0.39, 0.29) is 39.6 Å². The van der Waals surface area contributed by atoms with Gasteiger partial charge in [0.15, 0.2) is 11.7 Å². The van der Waals surface area contributed by atoms with Crippen LogP contribution < -0.4 is 5.32 Å². The zero-order valence-corrected chi connectivity index (χ0v) is 24.4. The van der Waals surface area contributed by atoms with Crippen molar-refractivity contribution in [1.82, 2.24) is 5.32 Å². The third-order valence-electron chi connectivity index (χ3n) is 10.2. The van der Waals surface area contributed by atoms with Crippen molar-refractivity contribution < 1.29 is 27.4 Å². The van der Waals surface area contributed by atoms with Crippen molar-refractivity contribution in [2.75, 3.05) is 6.61 Å². The SMILES string of the molecule is CCOC(=O)C12CCC(NCc3ccc4c(C(F)(F)F)c([OH+]C5CCC(C(C)(C)C)CC5)ccc4c3)(CC1)CC2. The van der Waals surface area contributed by atoms with Crippen LogP contribution in [-0.2, 0) is 22.3 Å². The van der Waals surface area contributed by atoms with E-state index in [1.165, 1.54) is 0 Å². The van der Waals surface area contributed by atoms with Crippen molar-refractivity contribution in [3.8, 4) is 5.75 Å². The lowest BCUT2D eigenvalue weighted by Crippen LogP contribution is -2.56. The van der Waals surface area contributed by atoms with Crippen LogP contribution in [0.1, 0.15) is 103 Å². The molecule has 0 spiro atoms. The summed E-state index contributed by atoms with van der Waals surface area (Å²) in [4.78, 5) is 12.5. The number of aromatic hydroxyl groups is 1. The number of aliphatic hydroxyl groups is 1. The summed E-state index contributed by atoms with van der Waals surface area (Å²) >= 11 is 0. The second-order valence-corrected chi connectivity index (χ2v) is 13.6. The highest BCUT2D eigenvalue weighted by atomic mass is 19.4. The highest BCUT2D eigenvalue weighted by Gasteiger charge is 2.53. The number of nitrogens with one attached hydrogen (secondary N) is 1. The van der Waals surface area contributed by atoms with E-state index in [0.29, 0.717) is 24.5 Å². The minimum absolute atomic E-state index is 0.0188. The van der Waals surface area contributed by atoms with Crippen LogP contribution in [-0.4, -0.2) is 29.0 Å². The quantitative estimate of drug-likeness (QED) is 0.273. The number of carbonyl (C=O) groups is 1. The van der Waals surface area contributed by atoms with Crippen molar-refractivity contribution in [2.45, 2.75) is 116 Å². The highest BCUT2D eigenvalue weighted by molar-refractivity contribution is 5.89. The summed E-state index contributed by atoms with van der Waals surface area (Å²) in [5, 5.41) is 4.53. The van der Waals surface area contributed by atoms with Gasteiger partial charge in [-0.2, -0.15) is 13.2 Å². The Morgan fingerprint density at radius 2 is 1.62 bits per heavy atom. The second kappa shape index (κ2) is 10.8. The number of ether oxygens (including phenoxy) is 2. The minimum Gasteiger partial charge on any atom is -0.580 e. The van der Waals surface area contributed by atoms with Crippen molar-refractivity contribution in [2.24, 2.45) is 16.7 Å². The largest absolute Gasteiger partial charge is 0.580 e. The second-order valence-electron chi connectivity index (χ2n) is 13.6. The molecule has 2 aromatic rings. The summed E-state index contributed by atoms with van der Waals surface area (Å²) in [6, 6.07) is 8.67. The predicted octanol–water partition coefficient (Wildman–Crippen LogP) is 8.45. The molecule has 220 valence electrons. The molecular formula is C33H45F3NO3+. The van der Waals surface area contributed by atoms with Gasteiger partial charge >= 0.3 is 12.1 Å². The van der Waals surface area contributed by atoms with Crippen LogP contribution in [0.3, 0.4) is 0 Å². The monoisotopic (exact) mass is 560 g/mol. The van der Waals surface area contributed by atoms with Crippen LogP contribution in [0.25, 0.3) is 10.8 Å². The van der Waals surface area contributed by atoms with Crippen molar-refractivity contribution in [3.63, 3.8) is 0 Å². The summed E-state index contributed by atoms with van der Waals surface area (Å²) in [6.07, 6.45) is 4.39. The van der Waals surface area contributed by atoms with Gasteiger partial charge in [0, 0.05) is 36.4 Å². The predicted molar refractivity (Wildman–Crippen MR) is 152 cm³/mol. The highest BCUT2D eigenvalue weighted by Crippen LogP contribution is 2.53. The van der Waals surface area contributed by atoms with Crippen LogP contribution >= 0.6 is 0 Å². The fourth-order valence-electron chi connectivity index (χ4n) is 7.48. The van der Waals surface area contributed by atoms with Gasteiger partial charge in [-0.1, -0.05) is 32.9 Å². The number of hydrogen-bond acceptors (Lipinski definition) is 3. The van der Waals surface area contributed by atoms with Crippen LogP contribution in [0.4, 0.5) is 13.2 Å². The molecule has 4 aliphatic rings. The standard InChI is InChI=1S/C33H44F3NO3/c1-5-39-29(38)31-14-17-32(18-15-31,19-16-31)37-21-22-6-12-26-23(20-22)7-13-27(28(26)33(34,35)36)40-25-10-8-24(9-11-25)30(2,3)4/h6-7,12-13,20,24-25,37H,5,8-11,14-19,21H2,1-4H3/p+1. The Hall–Kier alpha value is -2.28. The molecule has 2 aromatic carbocycles. The van der Waals surface area contributed by atoms with Gasteiger partial charge in [0.2, 0.25) is 0 Å². The Balaban J connectivity index is 1.28. The molecular weight excluding hydrogens is 515 g/mol. The number of alkyl halides is 3. The maximum Gasteiger partial charge on any atom is 0.425 e. The first-order valence-electron chi connectivity index (χ1n) is 15.1. The summed E-state index contributed by atoms with van der Waals surface area (Å²) in [7, 11) is 0. The molecule has 4 aliphatic carbocycles. The number of benzene rings is 2. The zero-order chi connectivity index (χ0) is 28.8. The number of halogens is 3. The van der Waals surface area contributed by atoms with Crippen molar-refractivity contribution in [3.05, 3.63) is 41.5 Å². The van der Waals surface area contributed by atoms with Crippen LogP contribution in [0.5, 0.6) is 5.75 Å². The molecule has 0 radical (unpaired) electrons. The van der Waals surface area contributed by atoms with E-state index in [1.807, 2.05) is 19.1 Å². The average molecular weight is 561 g/mol. The molecule has 0 aliphatic heterocycles. The maximum atomic E-state index is 14.4. The molecule has 6 rings (SSSR count). The van der Waals surface area contributed by atoms with Gasteiger partial charge in [0.1, 0.15) is 0 Å². The van der Waals surface area contributed by atoms with Crippen LogP contribution in [0.15, 0.2) is 30.3 Å². The number of hydrogen-bond donors (Lipinski definition) is 1. The summed E-state index contributed by atoms with van der Waals surface area (Å²) < 4.78 is 53.1. The van der Waals surface area contributed by atoms with E-state index in [0.717, 1.165) is 69.8 Å². The molecule has 7 heteroatoms. The van der Waals surface area contributed by atoms with Gasteiger partial charge in [0.05, 0.1) is 12.0 Å². The van der Waals surface area contributed by atoms with Gasteiger partial charge in [-0.25, -0.2) is 0 Å². The van der Waals surface area contributed by atoms with Crippen LogP contribution in [0.2, 0.25) is 0 Å². The first kappa shape index (κ1) is 29.2. The van der Waals surface area contributed by atoms with E-state index < -0.39 is 11.7 Å². The molecule has 40 heavy (non-hydrogen) atoms. The molecule has 0 heterocycles. The molecule has 4 fully saturated rings. The molecule has 0 amide bonds. The van der Waals surface area contributed by atoms with Gasteiger partial charge < -0.3 is 14.8 Å². The zero-order valence-electron chi connectivity index (χ0n) is 24.4. The Morgan fingerprint density at radius 1 is 0.975 bits per heavy atom. The van der Waals surface area contributed by atoms with E-state index in [4.69, 9.17) is 4.74 Å². The molecule has 0 aromatic heterocycles. The molecule has 0 saturated heterocycles. The maximum absolute atomic E-state index is 14.4. The van der Waals surface area contributed by atoms with Crippen LogP contribution in [0, 0.1) is 16.7 Å². The summed E-state index contributed by atoms with van der Waals surface area (Å²) in [5.41, 5.74) is 0.224. The summed E-state index contributed by atoms with van der Waals surface area (Å²) in [5.74, 6) is 0.604. The van der Waals surface area contributed by atoms with E-state index in [1.54, 1.807) is 18.2 Å². The Kier molecular flexibility index (Phi) is 7.92. The Bertz CT molecular complexity index is 1200. The fraction of sp³-hybridized carbons (Fsp3) is 0.667. The molecule has 2 bridgehead atoms. The van der Waals surface area contributed by atoms with Gasteiger partial charge in [-0.3, -0.25) is 4.79 Å². The number of fused-ring (bicyclic) bond motifs is 4. The van der Waals surface area contributed by atoms with Gasteiger partial charge in [-0.05, 0) is 92.7 Å². The number of rotatable bonds is 7. The third-order valence-corrected chi connectivity index (χ3v) is 10.2. The van der Waals surface area contributed by atoms with Crippen molar-refractivity contribution in [1.29, 1.82) is 0 Å². The first-order chi connectivity index (χ1) is 18.8. The van der Waals surface area contributed by atoms with E-state index in [2.05, 4.69) is 30.8 Å². The molecule has 2 N–H and O–H groups in total.